The quantitative estimate of drug-likeness (QED) is 0.460. The third-order valence-electron chi connectivity index (χ3n) is 4.54. The van der Waals surface area contributed by atoms with Crippen LogP contribution in [-0.4, -0.2) is 26.6 Å². The van der Waals surface area contributed by atoms with Crippen LogP contribution >= 0.6 is 11.8 Å². The van der Waals surface area contributed by atoms with Crippen molar-refractivity contribution in [3.8, 4) is 0 Å². The first-order valence-corrected chi connectivity index (χ1v) is 12.3. The first kappa shape index (κ1) is 22.8. The normalized spacial score (nSPS) is 11.2. The van der Waals surface area contributed by atoms with Crippen molar-refractivity contribution in [2.75, 3.05) is 17.0 Å². The monoisotopic (exact) mass is 458 g/mol. The Morgan fingerprint density at radius 2 is 1.71 bits per heavy atom. The van der Waals surface area contributed by atoms with Crippen molar-refractivity contribution in [1.29, 1.82) is 0 Å². The molecule has 31 heavy (non-hydrogen) atoms. The molecule has 0 unspecified atom stereocenters. The van der Waals surface area contributed by atoms with Crippen LogP contribution < -0.4 is 10.0 Å². The molecule has 0 aliphatic heterocycles. The Hall–Kier alpha value is -2.84. The smallest absolute Gasteiger partial charge is 0.261 e. The zero-order valence-electron chi connectivity index (χ0n) is 17.0. The van der Waals surface area contributed by atoms with Gasteiger partial charge in [0.05, 0.1) is 10.6 Å². The molecule has 3 rings (SSSR count). The van der Waals surface area contributed by atoms with Gasteiger partial charge in [-0.05, 0) is 48.4 Å². The fourth-order valence-electron chi connectivity index (χ4n) is 2.81. The van der Waals surface area contributed by atoms with E-state index in [1.54, 1.807) is 55.5 Å². The van der Waals surface area contributed by atoms with Crippen LogP contribution in [0.15, 0.2) is 77.7 Å². The Morgan fingerprint density at radius 3 is 2.45 bits per heavy atom. The molecule has 0 radical (unpaired) electrons. The lowest BCUT2D eigenvalue weighted by Gasteiger charge is -2.12. The largest absolute Gasteiger partial charge is 0.351 e. The molecule has 0 atom stereocenters. The third kappa shape index (κ3) is 6.32. The number of carbonyl (C=O) groups is 1. The third-order valence-corrected chi connectivity index (χ3v) is 6.93. The lowest BCUT2D eigenvalue weighted by Crippen LogP contribution is -2.26. The molecule has 0 aliphatic rings. The minimum absolute atomic E-state index is 0.149. The number of hydrogen-bond acceptors (Lipinski definition) is 4. The van der Waals surface area contributed by atoms with Crippen LogP contribution in [0.4, 0.5) is 10.1 Å². The molecule has 5 nitrogen and oxygen atoms in total. The number of rotatable bonds is 9. The van der Waals surface area contributed by atoms with Crippen molar-refractivity contribution in [2.45, 2.75) is 17.6 Å². The van der Waals surface area contributed by atoms with Crippen molar-refractivity contribution in [1.82, 2.24) is 5.32 Å². The number of benzene rings is 3. The topological polar surface area (TPSA) is 75.3 Å². The molecule has 2 N–H and O–H groups in total. The summed E-state index contributed by atoms with van der Waals surface area (Å²) in [5, 5.41) is 2.81. The fourth-order valence-corrected chi connectivity index (χ4v) is 4.80. The van der Waals surface area contributed by atoms with Gasteiger partial charge in [0.2, 0.25) is 0 Å². The zero-order chi connectivity index (χ0) is 22.3. The van der Waals surface area contributed by atoms with Crippen LogP contribution in [-0.2, 0) is 15.8 Å². The Balaban J connectivity index is 1.56. The molecular formula is C23H23FN2O3S2. The average molecular weight is 459 g/mol. The maximum absolute atomic E-state index is 13.6. The Labute approximate surface area is 186 Å². The summed E-state index contributed by atoms with van der Waals surface area (Å²) >= 11 is 1.52. The Kier molecular flexibility index (Phi) is 7.70. The van der Waals surface area contributed by atoms with Crippen molar-refractivity contribution >= 4 is 33.4 Å². The van der Waals surface area contributed by atoms with E-state index >= 15 is 0 Å². The highest BCUT2D eigenvalue weighted by molar-refractivity contribution is 7.98. The molecule has 0 fully saturated rings. The molecule has 0 heterocycles. The minimum atomic E-state index is -3.75. The zero-order valence-corrected chi connectivity index (χ0v) is 18.6. The summed E-state index contributed by atoms with van der Waals surface area (Å²) in [5.41, 5.74) is 2.05. The molecule has 3 aromatic rings. The maximum atomic E-state index is 13.6. The van der Waals surface area contributed by atoms with Crippen molar-refractivity contribution in [2.24, 2.45) is 0 Å². The van der Waals surface area contributed by atoms with E-state index in [1.807, 2.05) is 0 Å². The summed E-state index contributed by atoms with van der Waals surface area (Å²) in [6, 6.07) is 19.5. The van der Waals surface area contributed by atoms with Crippen LogP contribution in [0.2, 0.25) is 0 Å². The van der Waals surface area contributed by atoms with Crippen LogP contribution in [0, 0.1) is 12.7 Å². The van der Waals surface area contributed by atoms with Gasteiger partial charge >= 0.3 is 0 Å². The second-order valence-corrected chi connectivity index (χ2v) is 9.64. The number of carbonyl (C=O) groups excluding carboxylic acids is 1. The fraction of sp³-hybridized carbons (Fsp3) is 0.174. The van der Waals surface area contributed by atoms with Gasteiger partial charge in [0.15, 0.2) is 0 Å². The number of nitrogens with one attached hydrogen (secondary N) is 2. The van der Waals surface area contributed by atoms with Crippen LogP contribution in [0.3, 0.4) is 0 Å². The van der Waals surface area contributed by atoms with Gasteiger partial charge in [-0.2, -0.15) is 11.8 Å². The van der Waals surface area contributed by atoms with E-state index in [0.29, 0.717) is 40.4 Å². The summed E-state index contributed by atoms with van der Waals surface area (Å²) < 4.78 is 41.3. The molecule has 3 aromatic carbocycles. The second-order valence-electron chi connectivity index (χ2n) is 6.85. The maximum Gasteiger partial charge on any atom is 0.261 e. The number of amides is 1. The highest BCUT2D eigenvalue weighted by Gasteiger charge is 2.16. The Morgan fingerprint density at radius 1 is 1.00 bits per heavy atom. The molecule has 162 valence electrons. The van der Waals surface area contributed by atoms with Gasteiger partial charge < -0.3 is 5.32 Å². The number of sulfonamides is 1. The first-order valence-electron chi connectivity index (χ1n) is 9.65. The molecule has 0 aliphatic carbocycles. The highest BCUT2D eigenvalue weighted by Crippen LogP contribution is 2.21. The molecule has 1 amide bonds. The van der Waals surface area contributed by atoms with E-state index in [9.17, 15) is 17.6 Å². The van der Waals surface area contributed by atoms with Crippen molar-refractivity contribution in [3.63, 3.8) is 0 Å². The van der Waals surface area contributed by atoms with Crippen LogP contribution in [0.25, 0.3) is 0 Å². The standard InChI is InChI=1S/C23H23FN2O3S2/c1-17-11-12-18(15-22(17)26-31(28,29)20-8-3-2-4-9-20)23(27)25-13-14-30-16-19-7-5-6-10-21(19)24/h2-12,15,26H,13-14,16H2,1H3,(H,25,27). The van der Waals surface area contributed by atoms with Gasteiger partial charge in [-0.1, -0.05) is 42.5 Å². The van der Waals surface area contributed by atoms with Crippen LogP contribution in [0.5, 0.6) is 0 Å². The lowest BCUT2D eigenvalue weighted by molar-refractivity contribution is 0.0956. The summed E-state index contributed by atoms with van der Waals surface area (Å²) in [6.45, 7) is 2.18. The van der Waals surface area contributed by atoms with Gasteiger partial charge in [0, 0.05) is 23.6 Å². The van der Waals surface area contributed by atoms with Crippen molar-refractivity contribution in [3.05, 3.63) is 95.3 Å². The number of aryl methyl sites for hydroxylation is 1. The number of hydrogen-bond donors (Lipinski definition) is 2. The van der Waals surface area contributed by atoms with Gasteiger partial charge in [-0.3, -0.25) is 9.52 Å². The van der Waals surface area contributed by atoms with E-state index < -0.39 is 10.0 Å². The van der Waals surface area contributed by atoms with E-state index in [1.165, 1.54) is 36.0 Å². The van der Waals surface area contributed by atoms with Crippen molar-refractivity contribution < 1.29 is 17.6 Å². The summed E-state index contributed by atoms with van der Waals surface area (Å²) in [5.74, 6) is 0.619. The number of anilines is 1. The van der Waals surface area contributed by atoms with E-state index in [4.69, 9.17) is 0 Å². The highest BCUT2D eigenvalue weighted by atomic mass is 32.2. The lowest BCUT2D eigenvalue weighted by atomic mass is 10.1. The summed E-state index contributed by atoms with van der Waals surface area (Å²) in [7, 11) is -3.75. The second kappa shape index (κ2) is 10.5. The molecular weight excluding hydrogens is 435 g/mol. The average Bonchev–Trinajstić information content (AvgIpc) is 2.76. The number of halogens is 1. The van der Waals surface area contributed by atoms with Gasteiger partial charge in [0.25, 0.3) is 15.9 Å². The summed E-state index contributed by atoms with van der Waals surface area (Å²) in [4.78, 5) is 12.6. The molecule has 0 aromatic heterocycles. The predicted octanol–water partition coefficient (Wildman–Crippen LogP) is 4.60. The number of thioether (sulfide) groups is 1. The molecule has 0 saturated heterocycles. The van der Waals surface area contributed by atoms with Gasteiger partial charge in [-0.15, -0.1) is 0 Å². The van der Waals surface area contributed by atoms with Crippen LogP contribution in [0.1, 0.15) is 21.5 Å². The molecule has 8 heteroatoms. The van der Waals surface area contributed by atoms with E-state index in [-0.39, 0.29) is 16.6 Å². The summed E-state index contributed by atoms with van der Waals surface area (Å²) in [6.07, 6.45) is 0. The minimum Gasteiger partial charge on any atom is -0.351 e. The van der Waals surface area contributed by atoms with E-state index in [0.717, 1.165) is 0 Å². The van der Waals surface area contributed by atoms with Gasteiger partial charge in [-0.25, -0.2) is 12.8 Å². The van der Waals surface area contributed by atoms with Gasteiger partial charge in [0.1, 0.15) is 5.82 Å². The van der Waals surface area contributed by atoms with E-state index in [2.05, 4.69) is 10.0 Å². The molecule has 0 saturated carbocycles. The SMILES string of the molecule is Cc1ccc(C(=O)NCCSCc2ccccc2F)cc1NS(=O)(=O)c1ccccc1. The molecule has 0 spiro atoms. The predicted molar refractivity (Wildman–Crippen MR) is 123 cm³/mol. The first-order chi connectivity index (χ1) is 14.9. The molecule has 0 bridgehead atoms. The Bertz CT molecular complexity index is 1150.